The van der Waals surface area contributed by atoms with Crippen LogP contribution in [0.4, 0.5) is 19.0 Å². The van der Waals surface area contributed by atoms with E-state index in [1.807, 2.05) is 0 Å². The minimum absolute atomic E-state index is 0.0930. The summed E-state index contributed by atoms with van der Waals surface area (Å²) in [4.78, 5) is 45.8. The lowest BCUT2D eigenvalue weighted by Gasteiger charge is -2.36. The number of rotatable bonds is 3. The van der Waals surface area contributed by atoms with Crippen LogP contribution in [-0.2, 0) is 11.0 Å². The fraction of sp³-hybridized carbons (Fsp3) is 0.300. The van der Waals surface area contributed by atoms with Gasteiger partial charge in [0.2, 0.25) is 5.91 Å². The molecule has 4 rings (SSSR count). The first-order valence-corrected chi connectivity index (χ1v) is 10.2. The highest BCUT2D eigenvalue weighted by Crippen LogP contribution is 2.32. The molecular weight excluding hydrogens is 472 g/mol. The number of halogens is 5. The molecule has 32 heavy (non-hydrogen) atoms. The molecule has 1 fully saturated rings. The van der Waals surface area contributed by atoms with Gasteiger partial charge in [-0.05, 0) is 24.3 Å². The zero-order valence-electron chi connectivity index (χ0n) is 16.3. The number of carbonyl (C=O) groups excluding carboxylic acids is 3. The quantitative estimate of drug-likeness (QED) is 0.622. The van der Waals surface area contributed by atoms with E-state index in [9.17, 15) is 27.6 Å². The number of imide groups is 1. The maximum absolute atomic E-state index is 12.7. The van der Waals surface area contributed by atoms with Crippen LogP contribution >= 0.6 is 23.2 Å². The van der Waals surface area contributed by atoms with Crippen LogP contribution in [-0.4, -0.2) is 65.2 Å². The van der Waals surface area contributed by atoms with Crippen LogP contribution in [0.25, 0.3) is 0 Å². The molecule has 2 aliphatic heterocycles. The average Bonchev–Trinajstić information content (AvgIpc) is 2.98. The van der Waals surface area contributed by atoms with Gasteiger partial charge in [-0.15, -0.1) is 0 Å². The zero-order chi connectivity index (χ0) is 23.2. The van der Waals surface area contributed by atoms with E-state index in [2.05, 4.69) is 4.98 Å². The minimum Gasteiger partial charge on any atom is -0.353 e. The second kappa shape index (κ2) is 8.25. The normalized spacial score (nSPS) is 16.6. The molecule has 168 valence electrons. The molecule has 0 bridgehead atoms. The van der Waals surface area contributed by atoms with Crippen molar-refractivity contribution in [3.05, 3.63) is 57.2 Å². The van der Waals surface area contributed by atoms with E-state index in [0.29, 0.717) is 18.9 Å². The van der Waals surface area contributed by atoms with Gasteiger partial charge in [0.15, 0.2) is 0 Å². The Morgan fingerprint density at radius 1 is 0.969 bits per heavy atom. The molecule has 0 radical (unpaired) electrons. The summed E-state index contributed by atoms with van der Waals surface area (Å²) >= 11 is 11.8. The molecule has 0 aliphatic carbocycles. The number of hydrogen-bond acceptors (Lipinski definition) is 5. The molecule has 2 aliphatic rings. The Hall–Kier alpha value is -2.85. The van der Waals surface area contributed by atoms with Gasteiger partial charge in [0.05, 0.1) is 26.7 Å². The molecule has 0 saturated carbocycles. The number of hydrogen-bond donors (Lipinski definition) is 0. The van der Waals surface area contributed by atoms with Gasteiger partial charge < -0.3 is 9.80 Å². The van der Waals surface area contributed by atoms with E-state index in [1.54, 1.807) is 4.90 Å². The first-order valence-electron chi connectivity index (χ1n) is 9.47. The summed E-state index contributed by atoms with van der Waals surface area (Å²) in [7, 11) is 0. The molecule has 0 atom stereocenters. The van der Waals surface area contributed by atoms with Crippen molar-refractivity contribution in [2.75, 3.05) is 37.6 Å². The van der Waals surface area contributed by atoms with Gasteiger partial charge >= 0.3 is 6.18 Å². The summed E-state index contributed by atoms with van der Waals surface area (Å²) in [6.07, 6.45) is -3.69. The number of alkyl halides is 3. The molecule has 2 aromatic rings. The molecule has 0 spiro atoms. The molecule has 1 aromatic carbocycles. The summed E-state index contributed by atoms with van der Waals surface area (Å²) in [6.45, 7) is 0.791. The zero-order valence-corrected chi connectivity index (χ0v) is 17.8. The SMILES string of the molecule is O=C(CN1C(=O)c2cc(Cl)c(Cl)cc2C1=O)N1CCN(c2ccc(C(F)(F)F)cn2)CC1. The lowest BCUT2D eigenvalue weighted by Crippen LogP contribution is -2.52. The average molecular weight is 487 g/mol. The molecule has 1 aromatic heterocycles. The maximum atomic E-state index is 12.7. The lowest BCUT2D eigenvalue weighted by molar-refractivity contribution is -0.137. The van der Waals surface area contributed by atoms with Gasteiger partial charge in [-0.25, -0.2) is 4.98 Å². The summed E-state index contributed by atoms with van der Waals surface area (Å²) in [5.74, 6) is -1.29. The number of pyridine rings is 1. The van der Waals surface area contributed by atoms with E-state index < -0.39 is 36.0 Å². The van der Waals surface area contributed by atoms with Crippen molar-refractivity contribution in [3.8, 4) is 0 Å². The van der Waals surface area contributed by atoms with Crippen LogP contribution in [0.15, 0.2) is 30.5 Å². The number of benzene rings is 1. The Morgan fingerprint density at radius 3 is 2.00 bits per heavy atom. The summed E-state index contributed by atoms with van der Waals surface area (Å²) < 4.78 is 38.1. The Labute approximate surface area is 190 Å². The third-order valence-electron chi connectivity index (χ3n) is 5.34. The topological polar surface area (TPSA) is 73.8 Å². The van der Waals surface area contributed by atoms with E-state index in [1.165, 1.54) is 23.1 Å². The van der Waals surface area contributed by atoms with Gasteiger partial charge in [-0.2, -0.15) is 13.2 Å². The Balaban J connectivity index is 1.37. The number of fused-ring (bicyclic) bond motifs is 1. The summed E-state index contributed by atoms with van der Waals surface area (Å²) in [6, 6.07) is 4.86. The molecule has 0 N–H and O–H groups in total. The fourth-order valence-electron chi connectivity index (χ4n) is 3.59. The van der Waals surface area contributed by atoms with Crippen molar-refractivity contribution in [2.45, 2.75) is 6.18 Å². The smallest absolute Gasteiger partial charge is 0.353 e. The number of nitrogens with zero attached hydrogens (tertiary/aromatic N) is 4. The van der Waals surface area contributed by atoms with Crippen LogP contribution in [0.5, 0.6) is 0 Å². The lowest BCUT2D eigenvalue weighted by atomic mass is 10.1. The number of aromatic nitrogens is 1. The second-order valence-corrected chi connectivity index (χ2v) is 8.09. The van der Waals surface area contributed by atoms with Gasteiger partial charge in [-0.1, -0.05) is 23.2 Å². The summed E-state index contributed by atoms with van der Waals surface area (Å²) in [5, 5.41) is 0.264. The van der Waals surface area contributed by atoms with E-state index in [4.69, 9.17) is 23.2 Å². The monoisotopic (exact) mass is 486 g/mol. The van der Waals surface area contributed by atoms with Gasteiger partial charge in [0, 0.05) is 32.4 Å². The van der Waals surface area contributed by atoms with Crippen molar-refractivity contribution in [2.24, 2.45) is 0 Å². The Kier molecular flexibility index (Phi) is 5.76. The number of carbonyl (C=O) groups is 3. The largest absolute Gasteiger partial charge is 0.417 e. The maximum Gasteiger partial charge on any atom is 0.417 e. The van der Waals surface area contributed by atoms with Crippen molar-refractivity contribution in [1.82, 2.24) is 14.8 Å². The Bertz CT molecular complexity index is 1060. The highest BCUT2D eigenvalue weighted by Gasteiger charge is 2.38. The third-order valence-corrected chi connectivity index (χ3v) is 6.06. The second-order valence-electron chi connectivity index (χ2n) is 7.28. The first kappa shape index (κ1) is 22.3. The van der Waals surface area contributed by atoms with Crippen LogP contribution in [0, 0.1) is 0 Å². The van der Waals surface area contributed by atoms with Gasteiger partial charge in [-0.3, -0.25) is 19.3 Å². The molecule has 3 amide bonds. The first-order chi connectivity index (χ1) is 15.1. The fourth-order valence-corrected chi connectivity index (χ4v) is 3.92. The highest BCUT2D eigenvalue weighted by atomic mass is 35.5. The van der Waals surface area contributed by atoms with E-state index in [-0.39, 0.29) is 34.3 Å². The van der Waals surface area contributed by atoms with Gasteiger partial charge in [0.1, 0.15) is 12.4 Å². The minimum atomic E-state index is -4.46. The predicted molar refractivity (Wildman–Crippen MR) is 110 cm³/mol. The van der Waals surface area contributed by atoms with E-state index in [0.717, 1.165) is 17.2 Å². The molecule has 12 heteroatoms. The molecule has 7 nitrogen and oxygen atoms in total. The van der Waals surface area contributed by atoms with Gasteiger partial charge in [0.25, 0.3) is 11.8 Å². The molecule has 0 unspecified atom stereocenters. The van der Waals surface area contributed by atoms with Crippen LogP contribution in [0.2, 0.25) is 10.0 Å². The van der Waals surface area contributed by atoms with Crippen LogP contribution in [0.3, 0.4) is 0 Å². The third kappa shape index (κ3) is 4.12. The van der Waals surface area contributed by atoms with Crippen molar-refractivity contribution in [1.29, 1.82) is 0 Å². The predicted octanol–water partition coefficient (Wildman–Crippen LogP) is 3.35. The number of amides is 3. The van der Waals surface area contributed by atoms with Crippen molar-refractivity contribution in [3.63, 3.8) is 0 Å². The van der Waals surface area contributed by atoms with E-state index >= 15 is 0 Å². The number of piperazine rings is 1. The van der Waals surface area contributed by atoms with Crippen molar-refractivity contribution >= 4 is 46.7 Å². The van der Waals surface area contributed by atoms with Crippen molar-refractivity contribution < 1.29 is 27.6 Å². The number of anilines is 1. The van der Waals surface area contributed by atoms with Crippen LogP contribution in [0.1, 0.15) is 26.3 Å². The highest BCUT2D eigenvalue weighted by molar-refractivity contribution is 6.43. The van der Waals surface area contributed by atoms with Crippen LogP contribution < -0.4 is 4.90 Å². The Morgan fingerprint density at radius 2 is 1.53 bits per heavy atom. The molecular formula is C20H15Cl2F3N4O3. The summed E-state index contributed by atoms with van der Waals surface area (Å²) in [5.41, 5.74) is -0.649. The molecule has 3 heterocycles. The molecule has 1 saturated heterocycles. The standard InChI is InChI=1S/C20H15Cl2F3N4O3/c21-14-7-12-13(8-15(14)22)19(32)29(18(12)31)10-17(30)28-5-3-27(4-6-28)16-2-1-11(9-26-16)20(23,24)25/h1-2,7-9H,3-6,10H2.